The van der Waals surface area contributed by atoms with E-state index >= 15 is 0 Å². The molecule has 3 aromatic rings. The Morgan fingerprint density at radius 1 is 0.733 bits per heavy atom. The van der Waals surface area contributed by atoms with Crippen LogP contribution in [0.15, 0.2) is 78.9 Å². The maximum Gasteiger partial charge on any atom is 0.255 e. The molecule has 0 aliphatic carbocycles. The van der Waals surface area contributed by atoms with Gasteiger partial charge in [-0.2, -0.15) is 0 Å². The highest BCUT2D eigenvalue weighted by atomic mass is 16.2. The van der Waals surface area contributed by atoms with Gasteiger partial charge in [0.05, 0.1) is 11.3 Å². The minimum absolute atomic E-state index is 0.0753. The summed E-state index contributed by atoms with van der Waals surface area (Å²) < 4.78 is 0. The molecule has 6 heteroatoms. The molecule has 0 aromatic heterocycles. The molecule has 152 valence electrons. The van der Waals surface area contributed by atoms with Crippen LogP contribution in [0.3, 0.4) is 0 Å². The highest BCUT2D eigenvalue weighted by Gasteiger charge is 2.14. The Morgan fingerprint density at radius 2 is 1.37 bits per heavy atom. The molecule has 0 heterocycles. The average Bonchev–Trinajstić information content (AvgIpc) is 2.78. The summed E-state index contributed by atoms with van der Waals surface area (Å²) in [6.07, 6.45) is 0. The number of carbonyl (C=O) groups is 3. The van der Waals surface area contributed by atoms with Crippen LogP contribution in [0.2, 0.25) is 0 Å². The molecule has 0 aliphatic rings. The summed E-state index contributed by atoms with van der Waals surface area (Å²) in [4.78, 5) is 38.6. The second-order valence-corrected chi connectivity index (χ2v) is 6.94. The highest BCUT2D eigenvalue weighted by Crippen LogP contribution is 2.17. The van der Waals surface area contributed by atoms with Crippen LogP contribution >= 0.6 is 0 Å². The first kappa shape index (κ1) is 20.8. The number of nitrogens with zero attached hydrogens (tertiary/aromatic N) is 1. The van der Waals surface area contributed by atoms with Gasteiger partial charge in [0.15, 0.2) is 0 Å². The van der Waals surface area contributed by atoms with E-state index in [0.717, 1.165) is 5.56 Å². The lowest BCUT2D eigenvalue weighted by molar-refractivity contribution is 0.0826. The van der Waals surface area contributed by atoms with Crippen molar-refractivity contribution in [3.05, 3.63) is 101 Å². The van der Waals surface area contributed by atoms with Gasteiger partial charge in [0.1, 0.15) is 0 Å². The molecule has 0 saturated carbocycles. The summed E-state index contributed by atoms with van der Waals surface area (Å²) in [5, 5.41) is 5.65. The molecule has 0 saturated heterocycles. The van der Waals surface area contributed by atoms with Crippen LogP contribution < -0.4 is 10.6 Å². The number of hydrogen-bond donors (Lipinski definition) is 2. The molecule has 3 rings (SSSR count). The Hall–Kier alpha value is -3.93. The number of hydrogen-bond acceptors (Lipinski definition) is 3. The van der Waals surface area contributed by atoms with Gasteiger partial charge in [-0.15, -0.1) is 0 Å². The Labute approximate surface area is 175 Å². The minimum atomic E-state index is -0.299. The molecular formula is C24H23N3O3. The van der Waals surface area contributed by atoms with Gasteiger partial charge in [-0.25, -0.2) is 0 Å². The van der Waals surface area contributed by atoms with Crippen molar-refractivity contribution in [3.63, 3.8) is 0 Å². The molecule has 0 spiro atoms. The lowest BCUT2D eigenvalue weighted by Crippen LogP contribution is -2.25. The summed E-state index contributed by atoms with van der Waals surface area (Å²) in [5.41, 5.74) is 2.78. The normalized spacial score (nSPS) is 10.2. The first-order valence-electron chi connectivity index (χ1n) is 9.50. The Balaban J connectivity index is 1.66. The fourth-order valence-corrected chi connectivity index (χ4v) is 2.88. The van der Waals surface area contributed by atoms with Gasteiger partial charge < -0.3 is 15.5 Å². The van der Waals surface area contributed by atoms with E-state index in [4.69, 9.17) is 0 Å². The van der Waals surface area contributed by atoms with Gasteiger partial charge in [0.25, 0.3) is 17.7 Å². The Morgan fingerprint density at radius 3 is 2.03 bits per heavy atom. The molecule has 0 aliphatic heterocycles. The van der Waals surface area contributed by atoms with Crippen molar-refractivity contribution in [1.82, 2.24) is 10.2 Å². The van der Waals surface area contributed by atoms with Crippen molar-refractivity contribution in [2.24, 2.45) is 0 Å². The fourth-order valence-electron chi connectivity index (χ4n) is 2.88. The van der Waals surface area contributed by atoms with Crippen molar-refractivity contribution < 1.29 is 14.4 Å². The standard InChI is InChI=1S/C24H23N3O3/c1-27(2)24(30)19-14-12-17(13-15-19)16-25-23(29)20-10-6-7-11-21(20)26-22(28)18-8-4-3-5-9-18/h3-15H,16H2,1-2H3,(H,25,29)(H,26,28). The van der Waals surface area contributed by atoms with E-state index in [2.05, 4.69) is 10.6 Å². The first-order chi connectivity index (χ1) is 14.5. The zero-order chi connectivity index (χ0) is 21.5. The molecule has 2 N–H and O–H groups in total. The van der Waals surface area contributed by atoms with Gasteiger partial charge in [0, 0.05) is 31.8 Å². The summed E-state index contributed by atoms with van der Waals surface area (Å²) >= 11 is 0. The van der Waals surface area contributed by atoms with E-state index < -0.39 is 0 Å². The van der Waals surface area contributed by atoms with Crippen LogP contribution in [-0.4, -0.2) is 36.7 Å². The second-order valence-electron chi connectivity index (χ2n) is 6.94. The summed E-state index contributed by atoms with van der Waals surface area (Å²) in [6, 6.07) is 22.8. The van der Waals surface area contributed by atoms with Gasteiger partial charge in [-0.05, 0) is 42.0 Å². The largest absolute Gasteiger partial charge is 0.348 e. The Kier molecular flexibility index (Phi) is 6.60. The zero-order valence-electron chi connectivity index (χ0n) is 16.9. The monoisotopic (exact) mass is 401 g/mol. The number of nitrogens with one attached hydrogen (secondary N) is 2. The SMILES string of the molecule is CN(C)C(=O)c1ccc(CNC(=O)c2ccccc2NC(=O)c2ccccc2)cc1. The lowest BCUT2D eigenvalue weighted by atomic mass is 10.1. The third-order valence-corrected chi connectivity index (χ3v) is 4.52. The van der Waals surface area contributed by atoms with E-state index in [-0.39, 0.29) is 17.7 Å². The smallest absolute Gasteiger partial charge is 0.255 e. The first-order valence-corrected chi connectivity index (χ1v) is 9.50. The molecule has 0 atom stereocenters. The third-order valence-electron chi connectivity index (χ3n) is 4.52. The summed E-state index contributed by atoms with van der Waals surface area (Å²) in [5.74, 6) is -0.655. The number of anilines is 1. The van der Waals surface area contributed by atoms with Crippen LogP contribution in [-0.2, 0) is 6.54 Å². The van der Waals surface area contributed by atoms with E-state index in [0.29, 0.717) is 28.9 Å². The van der Waals surface area contributed by atoms with E-state index in [1.165, 1.54) is 4.90 Å². The molecule has 30 heavy (non-hydrogen) atoms. The topological polar surface area (TPSA) is 78.5 Å². The van der Waals surface area contributed by atoms with Gasteiger partial charge in [-0.3, -0.25) is 14.4 Å². The van der Waals surface area contributed by atoms with Crippen molar-refractivity contribution in [2.45, 2.75) is 6.54 Å². The molecule has 0 radical (unpaired) electrons. The quantitative estimate of drug-likeness (QED) is 0.663. The molecule has 0 fully saturated rings. The maximum absolute atomic E-state index is 12.7. The van der Waals surface area contributed by atoms with Crippen LogP contribution in [0.25, 0.3) is 0 Å². The predicted molar refractivity (Wildman–Crippen MR) is 116 cm³/mol. The molecule has 3 aromatic carbocycles. The number of rotatable bonds is 6. The van der Waals surface area contributed by atoms with Crippen molar-refractivity contribution >= 4 is 23.4 Å². The van der Waals surface area contributed by atoms with Crippen molar-refractivity contribution in [2.75, 3.05) is 19.4 Å². The van der Waals surface area contributed by atoms with Crippen molar-refractivity contribution in [1.29, 1.82) is 0 Å². The predicted octanol–water partition coefficient (Wildman–Crippen LogP) is 3.57. The van der Waals surface area contributed by atoms with E-state index in [1.54, 1.807) is 86.9 Å². The Bertz CT molecular complexity index is 1040. The van der Waals surface area contributed by atoms with E-state index in [1.807, 2.05) is 6.07 Å². The number of amides is 3. The third kappa shape index (κ3) is 5.11. The average molecular weight is 401 g/mol. The second kappa shape index (κ2) is 9.52. The van der Waals surface area contributed by atoms with Gasteiger partial charge in [0.2, 0.25) is 0 Å². The zero-order valence-corrected chi connectivity index (χ0v) is 16.9. The molecule has 3 amide bonds. The van der Waals surface area contributed by atoms with Gasteiger partial charge in [-0.1, -0.05) is 42.5 Å². The maximum atomic E-state index is 12.7. The molecular weight excluding hydrogens is 378 g/mol. The van der Waals surface area contributed by atoms with E-state index in [9.17, 15) is 14.4 Å². The van der Waals surface area contributed by atoms with Gasteiger partial charge >= 0.3 is 0 Å². The van der Waals surface area contributed by atoms with Crippen LogP contribution in [0.4, 0.5) is 5.69 Å². The molecule has 0 bridgehead atoms. The molecule has 0 unspecified atom stereocenters. The van der Waals surface area contributed by atoms with Crippen LogP contribution in [0.5, 0.6) is 0 Å². The highest BCUT2D eigenvalue weighted by molar-refractivity contribution is 6.09. The number of carbonyl (C=O) groups excluding carboxylic acids is 3. The lowest BCUT2D eigenvalue weighted by Gasteiger charge is -2.12. The summed E-state index contributed by atoms with van der Waals surface area (Å²) in [7, 11) is 3.40. The fraction of sp³-hybridized carbons (Fsp3) is 0.125. The van der Waals surface area contributed by atoms with Crippen molar-refractivity contribution in [3.8, 4) is 0 Å². The summed E-state index contributed by atoms with van der Waals surface area (Å²) in [6.45, 7) is 0.302. The molecule has 6 nitrogen and oxygen atoms in total. The van der Waals surface area contributed by atoms with Crippen LogP contribution in [0, 0.1) is 0 Å². The number of benzene rings is 3. The minimum Gasteiger partial charge on any atom is -0.348 e. The number of para-hydroxylation sites is 1. The van der Waals surface area contributed by atoms with Crippen LogP contribution in [0.1, 0.15) is 36.6 Å².